The molecule has 28 heavy (non-hydrogen) atoms. The Morgan fingerprint density at radius 1 is 1.14 bits per heavy atom. The Balaban J connectivity index is 1.66. The molecule has 0 unspecified atom stereocenters. The highest BCUT2D eigenvalue weighted by Crippen LogP contribution is 2.13. The number of carbonyl (C=O) groups is 1. The molecule has 6 nitrogen and oxygen atoms in total. The van der Waals surface area contributed by atoms with Crippen LogP contribution in [0.15, 0.2) is 54.9 Å². The van der Waals surface area contributed by atoms with Crippen LogP contribution in [0.1, 0.15) is 27.4 Å². The molecule has 2 heterocycles. The number of pyridine rings is 1. The van der Waals surface area contributed by atoms with E-state index in [0.717, 1.165) is 13.0 Å². The van der Waals surface area contributed by atoms with Gasteiger partial charge in [0.25, 0.3) is 5.91 Å². The summed E-state index contributed by atoms with van der Waals surface area (Å²) in [5.41, 5.74) is 1.86. The average molecular weight is 379 g/mol. The van der Waals surface area contributed by atoms with Crippen LogP contribution in [0, 0.1) is 12.7 Å². The summed E-state index contributed by atoms with van der Waals surface area (Å²) in [6, 6.07) is 11.9. The molecular formula is C21H22FN5O. The quantitative estimate of drug-likeness (QED) is 0.683. The number of aryl methyl sites for hydroxylation is 1. The van der Waals surface area contributed by atoms with E-state index in [1.165, 1.54) is 11.6 Å². The van der Waals surface area contributed by atoms with Crippen molar-refractivity contribution >= 4 is 11.7 Å². The Morgan fingerprint density at radius 2 is 1.89 bits per heavy atom. The van der Waals surface area contributed by atoms with Crippen molar-refractivity contribution in [3.8, 4) is 0 Å². The number of hydrogen-bond acceptors (Lipinski definition) is 5. The second-order valence-electron chi connectivity index (χ2n) is 6.46. The second-order valence-corrected chi connectivity index (χ2v) is 6.46. The first-order valence-corrected chi connectivity index (χ1v) is 9.00. The Bertz CT molecular complexity index is 949. The molecule has 1 N–H and O–H groups in total. The number of nitrogens with one attached hydrogen (secondary N) is 1. The number of amides is 1. The summed E-state index contributed by atoms with van der Waals surface area (Å²) in [7, 11) is 1.92. The predicted molar refractivity (Wildman–Crippen MR) is 106 cm³/mol. The summed E-state index contributed by atoms with van der Waals surface area (Å²) in [6.07, 6.45) is 4.36. The van der Waals surface area contributed by atoms with Crippen molar-refractivity contribution in [2.75, 3.05) is 18.5 Å². The highest BCUT2D eigenvalue weighted by atomic mass is 19.1. The van der Waals surface area contributed by atoms with Crippen LogP contribution in [-0.4, -0.2) is 34.5 Å². The standard InChI is InChI=1S/C21H22FN5O/c1-15-25-19(21(28)24-14-17-5-3-4-6-18(17)22)13-20(26-15)27(2)12-9-16-7-10-23-11-8-16/h3-8,10-11,13H,9,12,14H2,1-2H3,(H,24,28). The Labute approximate surface area is 163 Å². The van der Waals surface area contributed by atoms with Crippen molar-refractivity contribution in [2.24, 2.45) is 0 Å². The van der Waals surface area contributed by atoms with Gasteiger partial charge in [0.2, 0.25) is 0 Å². The highest BCUT2D eigenvalue weighted by Gasteiger charge is 2.13. The lowest BCUT2D eigenvalue weighted by Gasteiger charge is -2.19. The molecule has 0 radical (unpaired) electrons. The number of nitrogens with zero attached hydrogens (tertiary/aromatic N) is 4. The van der Waals surface area contributed by atoms with Crippen LogP contribution in [0.25, 0.3) is 0 Å². The zero-order valence-corrected chi connectivity index (χ0v) is 15.9. The van der Waals surface area contributed by atoms with Gasteiger partial charge in [-0.2, -0.15) is 0 Å². The van der Waals surface area contributed by atoms with Crippen LogP contribution in [0.4, 0.5) is 10.2 Å². The number of carbonyl (C=O) groups excluding carboxylic acids is 1. The first-order valence-electron chi connectivity index (χ1n) is 9.00. The van der Waals surface area contributed by atoms with Crippen LogP contribution < -0.4 is 10.2 Å². The molecule has 0 aliphatic carbocycles. The van der Waals surface area contributed by atoms with E-state index in [2.05, 4.69) is 20.3 Å². The molecule has 0 atom stereocenters. The van der Waals surface area contributed by atoms with Gasteiger partial charge >= 0.3 is 0 Å². The lowest BCUT2D eigenvalue weighted by atomic mass is 10.2. The third kappa shape index (κ3) is 5.09. The van der Waals surface area contributed by atoms with E-state index >= 15 is 0 Å². The molecule has 7 heteroatoms. The minimum atomic E-state index is -0.363. The summed E-state index contributed by atoms with van der Waals surface area (Å²) in [5.74, 6) is 0.456. The van der Waals surface area contributed by atoms with E-state index in [4.69, 9.17) is 0 Å². The maximum absolute atomic E-state index is 13.7. The number of aromatic nitrogens is 3. The smallest absolute Gasteiger partial charge is 0.270 e. The topological polar surface area (TPSA) is 71.0 Å². The molecule has 2 aromatic heterocycles. The summed E-state index contributed by atoms with van der Waals surface area (Å²) in [5, 5.41) is 2.71. The summed E-state index contributed by atoms with van der Waals surface area (Å²) >= 11 is 0. The minimum absolute atomic E-state index is 0.0990. The number of likely N-dealkylation sites (N-methyl/N-ethyl adjacent to an activating group) is 1. The Morgan fingerprint density at radius 3 is 2.64 bits per heavy atom. The molecule has 0 fully saturated rings. The van der Waals surface area contributed by atoms with Crippen LogP contribution >= 0.6 is 0 Å². The molecule has 0 aliphatic rings. The largest absolute Gasteiger partial charge is 0.359 e. The number of rotatable bonds is 7. The van der Waals surface area contributed by atoms with Gasteiger partial charge in [-0.1, -0.05) is 18.2 Å². The highest BCUT2D eigenvalue weighted by molar-refractivity contribution is 5.92. The zero-order valence-electron chi connectivity index (χ0n) is 15.9. The van der Waals surface area contributed by atoms with E-state index in [1.807, 2.05) is 24.1 Å². The molecule has 3 aromatic rings. The van der Waals surface area contributed by atoms with E-state index in [0.29, 0.717) is 17.2 Å². The molecule has 1 amide bonds. The van der Waals surface area contributed by atoms with E-state index < -0.39 is 0 Å². The average Bonchev–Trinajstić information content (AvgIpc) is 2.71. The molecule has 0 aliphatic heterocycles. The van der Waals surface area contributed by atoms with Crippen LogP contribution in [0.3, 0.4) is 0 Å². The van der Waals surface area contributed by atoms with E-state index in [1.54, 1.807) is 43.6 Å². The molecule has 0 saturated heterocycles. The molecule has 3 rings (SSSR count). The Hall–Kier alpha value is -3.35. The van der Waals surface area contributed by atoms with Gasteiger partial charge < -0.3 is 10.2 Å². The van der Waals surface area contributed by atoms with Gasteiger partial charge in [-0.15, -0.1) is 0 Å². The predicted octanol–water partition coefficient (Wildman–Crippen LogP) is 2.93. The summed E-state index contributed by atoms with van der Waals surface area (Å²) < 4.78 is 13.7. The maximum atomic E-state index is 13.7. The normalized spacial score (nSPS) is 10.5. The van der Waals surface area contributed by atoms with Crippen molar-refractivity contribution in [2.45, 2.75) is 19.9 Å². The van der Waals surface area contributed by atoms with Crippen molar-refractivity contribution in [3.63, 3.8) is 0 Å². The molecule has 0 bridgehead atoms. The third-order valence-electron chi connectivity index (χ3n) is 4.33. The first-order chi connectivity index (χ1) is 13.5. The van der Waals surface area contributed by atoms with Gasteiger partial charge in [-0.05, 0) is 37.1 Å². The number of benzene rings is 1. The monoisotopic (exact) mass is 379 g/mol. The fourth-order valence-electron chi connectivity index (χ4n) is 2.73. The van der Waals surface area contributed by atoms with Gasteiger partial charge in [-0.25, -0.2) is 14.4 Å². The van der Waals surface area contributed by atoms with E-state index in [9.17, 15) is 9.18 Å². The number of halogens is 1. The van der Waals surface area contributed by atoms with Crippen LogP contribution in [-0.2, 0) is 13.0 Å². The molecule has 1 aromatic carbocycles. The zero-order chi connectivity index (χ0) is 19.9. The van der Waals surface area contributed by atoms with Crippen molar-refractivity contribution in [3.05, 3.63) is 83.3 Å². The second kappa shape index (κ2) is 9.03. The lowest BCUT2D eigenvalue weighted by molar-refractivity contribution is 0.0945. The summed E-state index contributed by atoms with van der Waals surface area (Å²) in [4.78, 5) is 27.1. The lowest BCUT2D eigenvalue weighted by Crippen LogP contribution is -2.27. The van der Waals surface area contributed by atoms with Gasteiger partial charge in [0, 0.05) is 44.2 Å². The van der Waals surface area contributed by atoms with Crippen molar-refractivity contribution in [1.29, 1.82) is 0 Å². The fourth-order valence-corrected chi connectivity index (χ4v) is 2.73. The van der Waals surface area contributed by atoms with Gasteiger partial charge in [0.1, 0.15) is 23.2 Å². The van der Waals surface area contributed by atoms with Crippen molar-refractivity contribution < 1.29 is 9.18 Å². The number of hydrogen-bond donors (Lipinski definition) is 1. The van der Waals surface area contributed by atoms with Crippen LogP contribution in [0.5, 0.6) is 0 Å². The SMILES string of the molecule is Cc1nc(C(=O)NCc2ccccc2F)cc(N(C)CCc2ccncc2)n1. The first kappa shape index (κ1) is 19.4. The number of anilines is 1. The minimum Gasteiger partial charge on any atom is -0.359 e. The Kier molecular flexibility index (Phi) is 6.26. The fraction of sp³-hybridized carbons (Fsp3) is 0.238. The van der Waals surface area contributed by atoms with Gasteiger partial charge in [0.05, 0.1) is 0 Å². The molecular weight excluding hydrogens is 357 g/mol. The van der Waals surface area contributed by atoms with Gasteiger partial charge in [0.15, 0.2) is 0 Å². The summed E-state index contributed by atoms with van der Waals surface area (Å²) in [6.45, 7) is 2.58. The van der Waals surface area contributed by atoms with Crippen molar-refractivity contribution in [1.82, 2.24) is 20.3 Å². The maximum Gasteiger partial charge on any atom is 0.270 e. The molecule has 144 valence electrons. The van der Waals surface area contributed by atoms with Gasteiger partial charge in [-0.3, -0.25) is 9.78 Å². The third-order valence-corrected chi connectivity index (χ3v) is 4.33. The van der Waals surface area contributed by atoms with Crippen LogP contribution in [0.2, 0.25) is 0 Å². The molecule has 0 saturated carbocycles. The molecule has 0 spiro atoms. The van der Waals surface area contributed by atoms with E-state index in [-0.39, 0.29) is 24.0 Å².